The van der Waals surface area contributed by atoms with Gasteiger partial charge in [-0.2, -0.15) is 0 Å². The van der Waals surface area contributed by atoms with Crippen LogP contribution >= 0.6 is 0 Å². The summed E-state index contributed by atoms with van der Waals surface area (Å²) in [7, 11) is 0. The molecule has 1 aliphatic carbocycles. The third-order valence-electron chi connectivity index (χ3n) is 2.88. The average molecular weight is 168 g/mol. The van der Waals surface area contributed by atoms with Crippen molar-refractivity contribution in [1.29, 1.82) is 0 Å². The molecule has 70 valence electrons. The summed E-state index contributed by atoms with van der Waals surface area (Å²) in [6.45, 7) is 6.63. The third kappa shape index (κ3) is 1.99. The molecule has 12 heavy (non-hydrogen) atoms. The molecule has 1 fully saturated rings. The normalized spacial score (nSPS) is 29.2. The minimum Gasteiger partial charge on any atom is -0.387 e. The second-order valence-corrected chi connectivity index (χ2v) is 4.37. The van der Waals surface area contributed by atoms with Crippen LogP contribution in [0.5, 0.6) is 0 Å². The molecule has 1 rings (SSSR count). The molecule has 0 heterocycles. The van der Waals surface area contributed by atoms with Gasteiger partial charge in [0, 0.05) is 6.42 Å². The molecule has 0 aromatic carbocycles. The molecule has 1 unspecified atom stereocenters. The van der Waals surface area contributed by atoms with Gasteiger partial charge in [0.2, 0.25) is 0 Å². The molecule has 0 spiro atoms. The molecule has 2 N–H and O–H groups in total. The van der Waals surface area contributed by atoms with E-state index < -0.39 is 0 Å². The van der Waals surface area contributed by atoms with Crippen LogP contribution in [0.25, 0.3) is 0 Å². The van der Waals surface area contributed by atoms with Crippen molar-refractivity contribution in [2.24, 2.45) is 16.1 Å². The topological polar surface area (TPSA) is 38.4 Å². The molecular weight excluding hydrogens is 148 g/mol. The summed E-state index contributed by atoms with van der Waals surface area (Å²) < 4.78 is 0. The summed E-state index contributed by atoms with van der Waals surface area (Å²) in [6, 6.07) is 0.470. The highest BCUT2D eigenvalue weighted by atomic mass is 14.9. The van der Waals surface area contributed by atoms with E-state index in [1.54, 1.807) is 0 Å². The Morgan fingerprint density at radius 2 is 2.25 bits per heavy atom. The SMILES string of the molecule is CCC(N)=NC1CCCC1(C)C. The second-order valence-electron chi connectivity index (χ2n) is 4.37. The Morgan fingerprint density at radius 3 is 2.67 bits per heavy atom. The predicted octanol–water partition coefficient (Wildman–Crippen LogP) is 2.33. The van der Waals surface area contributed by atoms with Crippen molar-refractivity contribution < 1.29 is 0 Å². The number of nitrogens with two attached hydrogens (primary N) is 1. The maximum atomic E-state index is 5.72. The number of rotatable bonds is 2. The molecule has 0 radical (unpaired) electrons. The van der Waals surface area contributed by atoms with Crippen molar-refractivity contribution in [2.45, 2.75) is 52.5 Å². The van der Waals surface area contributed by atoms with Crippen molar-refractivity contribution in [3.8, 4) is 0 Å². The zero-order valence-corrected chi connectivity index (χ0v) is 8.43. The van der Waals surface area contributed by atoms with Crippen molar-refractivity contribution in [2.75, 3.05) is 0 Å². The predicted molar refractivity (Wildman–Crippen MR) is 53.3 cm³/mol. The van der Waals surface area contributed by atoms with E-state index in [2.05, 4.69) is 25.8 Å². The highest BCUT2D eigenvalue weighted by molar-refractivity contribution is 5.80. The third-order valence-corrected chi connectivity index (χ3v) is 2.88. The minimum absolute atomic E-state index is 0.375. The Hall–Kier alpha value is -0.530. The molecular formula is C10H20N2. The first-order valence-corrected chi connectivity index (χ1v) is 4.88. The van der Waals surface area contributed by atoms with Gasteiger partial charge < -0.3 is 5.73 Å². The number of amidine groups is 1. The van der Waals surface area contributed by atoms with Crippen LogP contribution in [-0.4, -0.2) is 11.9 Å². The Morgan fingerprint density at radius 1 is 1.58 bits per heavy atom. The Kier molecular flexibility index (Phi) is 2.76. The first kappa shape index (κ1) is 9.56. The van der Waals surface area contributed by atoms with Crippen molar-refractivity contribution >= 4 is 5.84 Å². The van der Waals surface area contributed by atoms with Gasteiger partial charge in [-0.05, 0) is 18.3 Å². The lowest BCUT2D eigenvalue weighted by Crippen LogP contribution is -2.24. The summed E-state index contributed by atoms with van der Waals surface area (Å²) in [4.78, 5) is 4.54. The van der Waals surface area contributed by atoms with Crippen LogP contribution in [0.2, 0.25) is 0 Å². The molecule has 0 aromatic rings. The second kappa shape index (κ2) is 3.46. The van der Waals surface area contributed by atoms with Crippen molar-refractivity contribution in [3.05, 3.63) is 0 Å². The number of hydrogen-bond donors (Lipinski definition) is 1. The zero-order valence-electron chi connectivity index (χ0n) is 8.43. The number of hydrogen-bond acceptors (Lipinski definition) is 1. The fraction of sp³-hybridized carbons (Fsp3) is 0.900. The first-order chi connectivity index (χ1) is 5.56. The van der Waals surface area contributed by atoms with E-state index in [4.69, 9.17) is 5.73 Å². The number of nitrogens with zero attached hydrogens (tertiary/aromatic N) is 1. The summed E-state index contributed by atoms with van der Waals surface area (Å²) >= 11 is 0. The first-order valence-electron chi connectivity index (χ1n) is 4.88. The largest absolute Gasteiger partial charge is 0.387 e. The van der Waals surface area contributed by atoms with E-state index in [1.165, 1.54) is 19.3 Å². The lowest BCUT2D eigenvalue weighted by Gasteiger charge is -2.23. The van der Waals surface area contributed by atoms with E-state index in [0.717, 1.165) is 12.3 Å². The molecule has 2 nitrogen and oxygen atoms in total. The van der Waals surface area contributed by atoms with Crippen molar-refractivity contribution in [3.63, 3.8) is 0 Å². The average Bonchev–Trinajstić information content (AvgIpc) is 2.31. The highest BCUT2D eigenvalue weighted by Crippen LogP contribution is 2.39. The summed E-state index contributed by atoms with van der Waals surface area (Å²) in [6.07, 6.45) is 4.69. The van der Waals surface area contributed by atoms with E-state index in [0.29, 0.717) is 11.5 Å². The lowest BCUT2D eigenvalue weighted by molar-refractivity contribution is 0.334. The van der Waals surface area contributed by atoms with E-state index in [9.17, 15) is 0 Å². The molecule has 0 amide bonds. The Bertz CT molecular complexity index is 182. The molecule has 0 aliphatic heterocycles. The van der Waals surface area contributed by atoms with Gasteiger partial charge in [0.25, 0.3) is 0 Å². The molecule has 1 saturated carbocycles. The minimum atomic E-state index is 0.375. The summed E-state index contributed by atoms with van der Waals surface area (Å²) in [5.74, 6) is 0.815. The lowest BCUT2D eigenvalue weighted by atomic mass is 9.88. The van der Waals surface area contributed by atoms with Gasteiger partial charge in [0.1, 0.15) is 0 Å². The smallest absolute Gasteiger partial charge is 0.0937 e. The van der Waals surface area contributed by atoms with E-state index >= 15 is 0 Å². The van der Waals surface area contributed by atoms with Crippen LogP contribution in [-0.2, 0) is 0 Å². The molecule has 0 aromatic heterocycles. The van der Waals surface area contributed by atoms with Crippen LogP contribution in [0, 0.1) is 5.41 Å². The Labute approximate surface area is 75.3 Å². The van der Waals surface area contributed by atoms with Gasteiger partial charge in [-0.25, -0.2) is 0 Å². The van der Waals surface area contributed by atoms with Gasteiger partial charge in [-0.15, -0.1) is 0 Å². The van der Waals surface area contributed by atoms with Gasteiger partial charge in [0.15, 0.2) is 0 Å². The molecule has 1 aliphatic rings. The maximum absolute atomic E-state index is 5.72. The van der Waals surface area contributed by atoms with Crippen LogP contribution < -0.4 is 5.73 Å². The van der Waals surface area contributed by atoms with Gasteiger partial charge in [-0.1, -0.05) is 27.2 Å². The maximum Gasteiger partial charge on any atom is 0.0937 e. The van der Waals surface area contributed by atoms with Crippen molar-refractivity contribution in [1.82, 2.24) is 0 Å². The van der Waals surface area contributed by atoms with Crippen LogP contribution in [0.4, 0.5) is 0 Å². The fourth-order valence-electron chi connectivity index (χ4n) is 1.84. The monoisotopic (exact) mass is 168 g/mol. The van der Waals surface area contributed by atoms with Crippen LogP contribution in [0.1, 0.15) is 46.5 Å². The fourth-order valence-corrected chi connectivity index (χ4v) is 1.84. The standard InChI is InChI=1S/C10H20N2/c1-4-9(11)12-8-6-5-7-10(8,2)3/h8H,4-7H2,1-3H3,(H2,11,12). The van der Waals surface area contributed by atoms with Crippen LogP contribution in [0.3, 0.4) is 0 Å². The molecule has 1 atom stereocenters. The van der Waals surface area contributed by atoms with Gasteiger partial charge in [0.05, 0.1) is 11.9 Å². The van der Waals surface area contributed by atoms with E-state index in [1.807, 2.05) is 0 Å². The molecule has 2 heteroatoms. The van der Waals surface area contributed by atoms with Gasteiger partial charge >= 0.3 is 0 Å². The molecule has 0 saturated heterocycles. The number of aliphatic imine (C=N–C) groups is 1. The molecule has 0 bridgehead atoms. The van der Waals surface area contributed by atoms with Gasteiger partial charge in [-0.3, -0.25) is 4.99 Å². The zero-order chi connectivity index (χ0) is 9.19. The summed E-state index contributed by atoms with van der Waals surface area (Å²) in [5.41, 5.74) is 6.10. The van der Waals surface area contributed by atoms with E-state index in [-0.39, 0.29) is 0 Å². The quantitative estimate of drug-likeness (QED) is 0.499. The Balaban J connectivity index is 2.63. The summed E-state index contributed by atoms with van der Waals surface area (Å²) in [5, 5.41) is 0. The van der Waals surface area contributed by atoms with Crippen LogP contribution in [0.15, 0.2) is 4.99 Å². The highest BCUT2D eigenvalue weighted by Gasteiger charge is 2.34.